The molecule has 2 aromatic carbocycles. The molecule has 0 bridgehead atoms. The van der Waals surface area contributed by atoms with E-state index in [0.29, 0.717) is 24.5 Å². The van der Waals surface area contributed by atoms with Crippen molar-refractivity contribution in [1.29, 1.82) is 0 Å². The summed E-state index contributed by atoms with van der Waals surface area (Å²) in [4.78, 5) is 25.4. The van der Waals surface area contributed by atoms with E-state index >= 15 is 0 Å². The molecule has 144 valence electrons. The zero-order valence-corrected chi connectivity index (χ0v) is 16.2. The van der Waals surface area contributed by atoms with Crippen molar-refractivity contribution in [3.05, 3.63) is 65.2 Å². The molecule has 2 amide bonds. The lowest BCUT2D eigenvalue weighted by Crippen LogP contribution is -3.04. The van der Waals surface area contributed by atoms with E-state index in [4.69, 9.17) is 4.74 Å². The molecule has 0 saturated heterocycles. The molecule has 2 rings (SSSR count). The summed E-state index contributed by atoms with van der Waals surface area (Å²) in [5.74, 6) is 0.199. The van der Waals surface area contributed by atoms with Crippen molar-refractivity contribution >= 4 is 11.8 Å². The molecule has 0 radical (unpaired) electrons. The van der Waals surface area contributed by atoms with Gasteiger partial charge >= 0.3 is 0 Å². The van der Waals surface area contributed by atoms with Gasteiger partial charge in [-0.1, -0.05) is 24.3 Å². The van der Waals surface area contributed by atoms with Crippen LogP contribution >= 0.6 is 0 Å². The minimum Gasteiger partial charge on any atom is -0.494 e. The van der Waals surface area contributed by atoms with Crippen LogP contribution in [0, 0.1) is 0 Å². The van der Waals surface area contributed by atoms with E-state index in [9.17, 15) is 9.59 Å². The first-order valence-electron chi connectivity index (χ1n) is 9.12. The Labute approximate surface area is 160 Å². The number of benzene rings is 2. The van der Waals surface area contributed by atoms with Gasteiger partial charge in [0, 0.05) is 17.7 Å². The normalized spacial score (nSPS) is 10.5. The van der Waals surface area contributed by atoms with E-state index in [2.05, 4.69) is 36.9 Å². The fourth-order valence-corrected chi connectivity index (χ4v) is 2.58. The summed E-state index contributed by atoms with van der Waals surface area (Å²) in [6.07, 6.45) is 0. The summed E-state index contributed by atoms with van der Waals surface area (Å²) in [7, 11) is 4.21. The van der Waals surface area contributed by atoms with Crippen molar-refractivity contribution in [2.24, 2.45) is 0 Å². The maximum atomic E-state index is 12.1. The fourth-order valence-electron chi connectivity index (χ4n) is 2.58. The molecule has 0 fully saturated rings. The first-order chi connectivity index (χ1) is 13.0. The highest BCUT2D eigenvalue weighted by Gasteiger charge is 2.08. The number of carbonyl (C=O) groups is 2. The Hall–Kier alpha value is -2.86. The molecule has 6 heteroatoms. The molecule has 0 atom stereocenters. The van der Waals surface area contributed by atoms with E-state index in [1.807, 2.05) is 19.1 Å². The minimum atomic E-state index is -0.288. The highest BCUT2D eigenvalue weighted by molar-refractivity contribution is 5.96. The second-order valence-corrected chi connectivity index (χ2v) is 6.62. The third-order valence-electron chi connectivity index (χ3n) is 3.91. The van der Waals surface area contributed by atoms with Crippen LogP contribution in [0.5, 0.6) is 5.75 Å². The summed E-state index contributed by atoms with van der Waals surface area (Å²) in [5, 5.41) is 5.44. The smallest absolute Gasteiger partial charge is 0.251 e. The standard InChI is InChI=1S/C21H27N3O3/c1-4-27-19-11-9-18(10-12-19)21(26)23-14-20(25)22-13-16-5-7-17(8-6-16)15-24(2)3/h5-12H,4,13-15H2,1-3H3,(H,22,25)(H,23,26)/p+1. The predicted octanol–water partition coefficient (Wildman–Crippen LogP) is 0.776. The van der Waals surface area contributed by atoms with Gasteiger partial charge in [0.1, 0.15) is 12.3 Å². The first-order valence-corrected chi connectivity index (χ1v) is 9.12. The van der Waals surface area contributed by atoms with Gasteiger partial charge in [-0.05, 0) is 36.8 Å². The van der Waals surface area contributed by atoms with Crippen molar-refractivity contribution < 1.29 is 19.2 Å². The summed E-state index contributed by atoms with van der Waals surface area (Å²) >= 11 is 0. The maximum absolute atomic E-state index is 12.1. The second kappa shape index (κ2) is 10.3. The van der Waals surface area contributed by atoms with Crippen LogP contribution in [-0.4, -0.2) is 39.1 Å². The number of nitrogens with one attached hydrogen (secondary N) is 3. The van der Waals surface area contributed by atoms with E-state index < -0.39 is 0 Å². The molecule has 0 saturated carbocycles. The van der Waals surface area contributed by atoms with Crippen LogP contribution in [0.1, 0.15) is 28.4 Å². The van der Waals surface area contributed by atoms with Gasteiger partial charge < -0.3 is 20.3 Å². The van der Waals surface area contributed by atoms with Crippen molar-refractivity contribution in [1.82, 2.24) is 10.6 Å². The SMILES string of the molecule is CCOc1ccc(C(=O)NCC(=O)NCc2ccc(C[NH+](C)C)cc2)cc1. The van der Waals surface area contributed by atoms with Crippen LogP contribution in [-0.2, 0) is 17.9 Å². The van der Waals surface area contributed by atoms with Gasteiger partial charge in [-0.15, -0.1) is 0 Å². The number of amides is 2. The Morgan fingerprint density at radius 1 is 0.926 bits per heavy atom. The average Bonchev–Trinajstić information content (AvgIpc) is 2.66. The number of hydrogen-bond donors (Lipinski definition) is 3. The molecular formula is C21H28N3O3+. The van der Waals surface area contributed by atoms with E-state index in [1.165, 1.54) is 10.5 Å². The maximum Gasteiger partial charge on any atom is 0.251 e. The Bertz CT molecular complexity index is 740. The average molecular weight is 370 g/mol. The lowest BCUT2D eigenvalue weighted by molar-refractivity contribution is -0.872. The first kappa shape index (κ1) is 20.5. The summed E-state index contributed by atoms with van der Waals surface area (Å²) in [6, 6.07) is 15.0. The van der Waals surface area contributed by atoms with Gasteiger partial charge in [-0.3, -0.25) is 9.59 Å². The Kier molecular flexibility index (Phi) is 7.82. The fraction of sp³-hybridized carbons (Fsp3) is 0.333. The van der Waals surface area contributed by atoms with E-state index in [0.717, 1.165) is 12.1 Å². The largest absolute Gasteiger partial charge is 0.494 e. The van der Waals surface area contributed by atoms with Crippen LogP contribution in [0.15, 0.2) is 48.5 Å². The van der Waals surface area contributed by atoms with Gasteiger partial charge in [0.05, 0.1) is 27.2 Å². The van der Waals surface area contributed by atoms with Gasteiger partial charge in [-0.25, -0.2) is 0 Å². The van der Waals surface area contributed by atoms with Gasteiger partial charge in [0.15, 0.2) is 0 Å². The van der Waals surface area contributed by atoms with Crippen LogP contribution in [0.25, 0.3) is 0 Å². The van der Waals surface area contributed by atoms with Gasteiger partial charge in [0.2, 0.25) is 5.91 Å². The molecule has 3 N–H and O–H groups in total. The van der Waals surface area contributed by atoms with E-state index in [-0.39, 0.29) is 18.4 Å². The molecule has 6 nitrogen and oxygen atoms in total. The number of quaternary nitrogens is 1. The Morgan fingerprint density at radius 3 is 2.15 bits per heavy atom. The summed E-state index contributed by atoms with van der Waals surface area (Å²) < 4.78 is 5.34. The third-order valence-corrected chi connectivity index (χ3v) is 3.91. The molecule has 2 aromatic rings. The van der Waals surface area contributed by atoms with Crippen molar-refractivity contribution in [3.8, 4) is 5.75 Å². The molecule has 27 heavy (non-hydrogen) atoms. The lowest BCUT2D eigenvalue weighted by atomic mass is 10.1. The molecular weight excluding hydrogens is 342 g/mol. The van der Waals surface area contributed by atoms with Crippen LogP contribution < -0.4 is 20.3 Å². The lowest BCUT2D eigenvalue weighted by Gasteiger charge is -2.09. The summed E-state index contributed by atoms with van der Waals surface area (Å²) in [5.41, 5.74) is 2.77. The Morgan fingerprint density at radius 2 is 1.56 bits per heavy atom. The monoisotopic (exact) mass is 370 g/mol. The van der Waals surface area contributed by atoms with Gasteiger partial charge in [0.25, 0.3) is 5.91 Å². The molecule has 0 aliphatic carbocycles. The zero-order valence-electron chi connectivity index (χ0n) is 16.2. The third kappa shape index (κ3) is 7.11. The van der Waals surface area contributed by atoms with Crippen LogP contribution in [0.3, 0.4) is 0 Å². The zero-order chi connectivity index (χ0) is 19.6. The number of carbonyl (C=O) groups excluding carboxylic acids is 2. The summed E-state index contributed by atoms with van der Waals surface area (Å²) in [6.45, 7) is 3.81. The van der Waals surface area contributed by atoms with Crippen LogP contribution in [0.2, 0.25) is 0 Å². The second-order valence-electron chi connectivity index (χ2n) is 6.62. The molecule has 0 unspecified atom stereocenters. The van der Waals surface area contributed by atoms with Crippen molar-refractivity contribution in [2.45, 2.75) is 20.0 Å². The van der Waals surface area contributed by atoms with Crippen LogP contribution in [0.4, 0.5) is 0 Å². The quantitative estimate of drug-likeness (QED) is 0.611. The molecule has 0 aromatic heterocycles. The van der Waals surface area contributed by atoms with Crippen molar-refractivity contribution in [3.63, 3.8) is 0 Å². The number of ether oxygens (including phenoxy) is 1. The number of rotatable bonds is 9. The predicted molar refractivity (Wildman–Crippen MR) is 105 cm³/mol. The molecule has 0 aliphatic heterocycles. The van der Waals surface area contributed by atoms with E-state index in [1.54, 1.807) is 24.3 Å². The highest BCUT2D eigenvalue weighted by Crippen LogP contribution is 2.11. The molecule has 0 aliphatic rings. The Balaban J connectivity index is 1.74. The topological polar surface area (TPSA) is 71.9 Å². The molecule has 0 spiro atoms. The highest BCUT2D eigenvalue weighted by atomic mass is 16.5. The van der Waals surface area contributed by atoms with Crippen molar-refractivity contribution in [2.75, 3.05) is 27.2 Å². The molecule has 0 heterocycles. The van der Waals surface area contributed by atoms with Gasteiger partial charge in [-0.2, -0.15) is 0 Å². The minimum absolute atomic E-state index is 0.0614. The number of hydrogen-bond acceptors (Lipinski definition) is 3.